The minimum absolute atomic E-state index is 0.240. The third kappa shape index (κ3) is 1.92. The van der Waals surface area contributed by atoms with Crippen LogP contribution in [0.5, 0.6) is 5.75 Å². The second-order valence-electron chi connectivity index (χ2n) is 6.12. The van der Waals surface area contributed by atoms with Crippen LogP contribution >= 0.6 is 0 Å². The molecule has 0 atom stereocenters. The molecule has 0 unspecified atom stereocenters. The molecule has 0 saturated heterocycles. The molecular weight excluding hydrogens is 307 g/mol. The number of hydrogen-bond acceptors (Lipinski definition) is 3. The van der Waals surface area contributed by atoms with Gasteiger partial charge in [0.25, 0.3) is 0 Å². The predicted molar refractivity (Wildman–Crippen MR) is 89.1 cm³/mol. The van der Waals surface area contributed by atoms with Gasteiger partial charge in [0.2, 0.25) is 5.95 Å². The Bertz CT molecular complexity index is 1080. The lowest BCUT2D eigenvalue weighted by molar-refractivity contribution is 0.415. The highest BCUT2D eigenvalue weighted by molar-refractivity contribution is 5.81. The first kappa shape index (κ1) is 13.5. The van der Waals surface area contributed by atoms with Crippen molar-refractivity contribution in [3.05, 3.63) is 48.5 Å². The highest BCUT2D eigenvalue weighted by Gasteiger charge is 2.29. The number of halogens is 1. The summed E-state index contributed by atoms with van der Waals surface area (Å²) in [6, 6.07) is 10.9. The van der Waals surface area contributed by atoms with Crippen molar-refractivity contribution in [1.29, 1.82) is 0 Å². The number of nitrogens with zero attached hydrogens (tertiary/aromatic N) is 4. The number of fused-ring (bicyclic) bond motifs is 2. The molecule has 0 radical (unpaired) electrons. The molecule has 24 heavy (non-hydrogen) atoms. The highest BCUT2D eigenvalue weighted by atomic mass is 19.1. The van der Waals surface area contributed by atoms with Gasteiger partial charge in [-0.3, -0.25) is 4.57 Å². The fourth-order valence-corrected chi connectivity index (χ4v) is 3.19. The van der Waals surface area contributed by atoms with Gasteiger partial charge in [-0.1, -0.05) is 0 Å². The number of ether oxygens (including phenoxy) is 1. The molecule has 0 aliphatic heterocycles. The average molecular weight is 322 g/mol. The minimum Gasteiger partial charge on any atom is -0.497 e. The molecule has 5 nitrogen and oxygen atoms in total. The van der Waals surface area contributed by atoms with Crippen LogP contribution in [0.2, 0.25) is 0 Å². The standard InChI is InChI=1S/C18H15FN4O/c1-24-13-5-7-16-15(9-13)20-10-22(16)18-21-14-6-2-11(19)8-17(14)23(18)12-3-4-12/h2,5-10,12H,3-4H2,1H3. The van der Waals surface area contributed by atoms with E-state index in [1.54, 1.807) is 25.6 Å². The van der Waals surface area contributed by atoms with E-state index < -0.39 is 0 Å². The molecule has 2 heterocycles. The number of benzene rings is 2. The van der Waals surface area contributed by atoms with Gasteiger partial charge in [0, 0.05) is 12.1 Å². The van der Waals surface area contributed by atoms with Crippen LogP contribution in [0.1, 0.15) is 18.9 Å². The zero-order valence-electron chi connectivity index (χ0n) is 13.1. The van der Waals surface area contributed by atoms with Crippen molar-refractivity contribution in [2.75, 3.05) is 7.11 Å². The summed E-state index contributed by atoms with van der Waals surface area (Å²) in [5.41, 5.74) is 3.43. The Morgan fingerprint density at radius 1 is 1.08 bits per heavy atom. The summed E-state index contributed by atoms with van der Waals surface area (Å²) in [5, 5.41) is 0. The van der Waals surface area contributed by atoms with Crippen LogP contribution in [0.15, 0.2) is 42.7 Å². The van der Waals surface area contributed by atoms with Crippen LogP contribution in [-0.2, 0) is 0 Å². The predicted octanol–water partition coefficient (Wildman–Crippen LogP) is 3.86. The molecule has 6 heteroatoms. The van der Waals surface area contributed by atoms with Gasteiger partial charge in [-0.05, 0) is 43.2 Å². The second kappa shape index (κ2) is 4.80. The number of imidazole rings is 2. The minimum atomic E-state index is -0.240. The first-order valence-electron chi connectivity index (χ1n) is 7.93. The molecule has 1 fully saturated rings. The highest BCUT2D eigenvalue weighted by Crippen LogP contribution is 2.40. The van der Waals surface area contributed by atoms with E-state index >= 15 is 0 Å². The topological polar surface area (TPSA) is 44.9 Å². The van der Waals surface area contributed by atoms with Crippen molar-refractivity contribution >= 4 is 22.1 Å². The van der Waals surface area contributed by atoms with Gasteiger partial charge in [0.15, 0.2) is 0 Å². The summed E-state index contributed by atoms with van der Waals surface area (Å²) >= 11 is 0. The van der Waals surface area contributed by atoms with Crippen molar-refractivity contribution in [2.45, 2.75) is 18.9 Å². The zero-order chi connectivity index (χ0) is 16.3. The molecule has 2 aromatic heterocycles. The normalized spacial score (nSPS) is 14.6. The lowest BCUT2D eigenvalue weighted by Crippen LogP contribution is -2.04. The number of rotatable bonds is 3. The maximum Gasteiger partial charge on any atom is 0.216 e. The van der Waals surface area contributed by atoms with Gasteiger partial charge in [0.1, 0.15) is 17.9 Å². The van der Waals surface area contributed by atoms with Crippen LogP contribution in [0.3, 0.4) is 0 Å². The van der Waals surface area contributed by atoms with E-state index in [9.17, 15) is 4.39 Å². The Morgan fingerprint density at radius 3 is 2.75 bits per heavy atom. The van der Waals surface area contributed by atoms with E-state index in [1.165, 1.54) is 6.07 Å². The summed E-state index contributed by atoms with van der Waals surface area (Å²) in [5.74, 6) is 1.31. The Morgan fingerprint density at radius 2 is 1.96 bits per heavy atom. The molecule has 1 aliphatic rings. The Balaban J connectivity index is 1.78. The fraction of sp³-hybridized carbons (Fsp3) is 0.222. The summed E-state index contributed by atoms with van der Waals surface area (Å²) in [4.78, 5) is 9.21. The maximum absolute atomic E-state index is 13.7. The fourth-order valence-electron chi connectivity index (χ4n) is 3.19. The average Bonchev–Trinajstić information content (AvgIpc) is 3.24. The van der Waals surface area contributed by atoms with E-state index in [-0.39, 0.29) is 5.82 Å². The molecule has 2 aromatic carbocycles. The molecule has 5 rings (SSSR count). The largest absolute Gasteiger partial charge is 0.497 e. The molecule has 0 bridgehead atoms. The molecule has 120 valence electrons. The zero-order valence-corrected chi connectivity index (χ0v) is 13.1. The molecule has 0 amide bonds. The van der Waals surface area contributed by atoms with Crippen molar-refractivity contribution in [3.63, 3.8) is 0 Å². The third-order valence-corrected chi connectivity index (χ3v) is 4.51. The first-order chi connectivity index (χ1) is 11.7. The van der Waals surface area contributed by atoms with Gasteiger partial charge < -0.3 is 9.30 Å². The molecule has 0 spiro atoms. The van der Waals surface area contributed by atoms with Crippen molar-refractivity contribution in [1.82, 2.24) is 19.1 Å². The number of hydrogen-bond donors (Lipinski definition) is 0. The lowest BCUT2D eigenvalue weighted by Gasteiger charge is -2.09. The monoisotopic (exact) mass is 322 g/mol. The van der Waals surface area contributed by atoms with Gasteiger partial charge in [-0.15, -0.1) is 0 Å². The van der Waals surface area contributed by atoms with Crippen LogP contribution in [0.4, 0.5) is 4.39 Å². The van der Waals surface area contributed by atoms with Gasteiger partial charge in [0.05, 0.1) is 29.2 Å². The van der Waals surface area contributed by atoms with E-state index in [0.29, 0.717) is 6.04 Å². The van der Waals surface area contributed by atoms with Crippen molar-refractivity contribution in [3.8, 4) is 11.7 Å². The van der Waals surface area contributed by atoms with E-state index in [1.807, 2.05) is 22.8 Å². The molecule has 1 aliphatic carbocycles. The van der Waals surface area contributed by atoms with E-state index in [4.69, 9.17) is 9.72 Å². The number of aromatic nitrogens is 4. The van der Waals surface area contributed by atoms with Crippen LogP contribution in [-0.4, -0.2) is 26.2 Å². The number of methoxy groups -OCH3 is 1. The Kier molecular flexibility index (Phi) is 2.71. The van der Waals surface area contributed by atoms with Gasteiger partial charge in [-0.25, -0.2) is 14.4 Å². The molecule has 1 saturated carbocycles. The summed E-state index contributed by atoms with van der Waals surface area (Å²) in [6.07, 6.45) is 3.95. The summed E-state index contributed by atoms with van der Waals surface area (Å²) < 4.78 is 23.1. The van der Waals surface area contributed by atoms with E-state index in [2.05, 4.69) is 9.55 Å². The van der Waals surface area contributed by atoms with Crippen LogP contribution in [0, 0.1) is 5.82 Å². The SMILES string of the molecule is COc1ccc2c(c1)ncn2-c1nc2ccc(F)cc2n1C1CC1. The van der Waals surface area contributed by atoms with Crippen LogP contribution in [0.25, 0.3) is 28.0 Å². The molecule has 0 N–H and O–H groups in total. The van der Waals surface area contributed by atoms with Crippen molar-refractivity contribution < 1.29 is 9.13 Å². The quantitative estimate of drug-likeness (QED) is 0.575. The van der Waals surface area contributed by atoms with Crippen molar-refractivity contribution in [2.24, 2.45) is 0 Å². The van der Waals surface area contributed by atoms with E-state index in [0.717, 1.165) is 46.6 Å². The maximum atomic E-state index is 13.7. The Hall–Kier alpha value is -2.89. The van der Waals surface area contributed by atoms with Gasteiger partial charge in [-0.2, -0.15) is 0 Å². The summed E-state index contributed by atoms with van der Waals surface area (Å²) in [6.45, 7) is 0. The third-order valence-electron chi connectivity index (χ3n) is 4.51. The lowest BCUT2D eigenvalue weighted by atomic mass is 10.3. The second-order valence-corrected chi connectivity index (χ2v) is 6.12. The molecular formula is C18H15FN4O. The molecule has 4 aromatic rings. The first-order valence-corrected chi connectivity index (χ1v) is 7.93. The van der Waals surface area contributed by atoms with Crippen LogP contribution < -0.4 is 4.74 Å². The van der Waals surface area contributed by atoms with Gasteiger partial charge >= 0.3 is 0 Å². The smallest absolute Gasteiger partial charge is 0.216 e. The Labute approximate surface area is 137 Å². The summed E-state index contributed by atoms with van der Waals surface area (Å²) in [7, 11) is 1.64.